The number of halogens is 9. The number of amides is 3. The predicted octanol–water partition coefficient (Wildman–Crippen LogP) is 4.46. The minimum absolute atomic E-state index is 0. The molecule has 416 valence electrons. The molecular weight excluding hydrogens is 1150 g/mol. The van der Waals surface area contributed by atoms with E-state index in [-0.39, 0.29) is 50.2 Å². The lowest BCUT2D eigenvalue weighted by atomic mass is 10.3. The molecule has 3 amide bonds. The molecule has 0 atom stereocenters. The zero-order valence-corrected chi connectivity index (χ0v) is 43.1. The maximum Gasteiger partial charge on any atom is 0.422 e. The van der Waals surface area contributed by atoms with Crippen LogP contribution in [0.25, 0.3) is 22.1 Å². The van der Waals surface area contributed by atoms with E-state index in [1.165, 1.54) is 0 Å². The highest BCUT2D eigenvalue weighted by Crippen LogP contribution is 2.28. The normalized spacial score (nSPS) is 11.8. The van der Waals surface area contributed by atoms with Crippen molar-refractivity contribution < 1.29 is 66.0 Å². The highest BCUT2D eigenvalue weighted by atomic mass is 35.5. The first-order valence-electron chi connectivity index (χ1n) is 19.5. The van der Waals surface area contributed by atoms with Gasteiger partial charge in [-0.1, -0.05) is 73.9 Å². The van der Waals surface area contributed by atoms with Gasteiger partial charge in [-0.3, -0.25) is 19.1 Å². The summed E-state index contributed by atoms with van der Waals surface area (Å²) in [5.74, 6) is -4.90. The first-order chi connectivity index (χ1) is 33.9. The first-order valence-corrected chi connectivity index (χ1v) is 25.2. The fourth-order valence-electron chi connectivity index (χ4n) is 5.12. The third kappa shape index (κ3) is 15.6. The molecule has 37 heteroatoms. The number of nitrogens with one attached hydrogen (secondary N) is 1. The summed E-state index contributed by atoms with van der Waals surface area (Å²) in [5.41, 5.74) is 2.33. The molecule has 0 spiro atoms. The van der Waals surface area contributed by atoms with Gasteiger partial charge >= 0.3 is 35.9 Å². The monoisotopic (exact) mass is 1200 g/mol. The molecule has 0 radical (unpaired) electrons. The molecule has 7 aromatic rings. The average molecular weight is 1200 g/mol. The van der Waals surface area contributed by atoms with Crippen LogP contribution in [0.5, 0.6) is 0 Å². The molecule has 0 saturated heterocycles. The molecule has 0 aliphatic carbocycles. The molecule has 2 aromatic carbocycles. The Labute approximate surface area is 444 Å². The van der Waals surface area contributed by atoms with Gasteiger partial charge < -0.3 is 14.7 Å². The van der Waals surface area contributed by atoms with Gasteiger partial charge in [0.1, 0.15) is 0 Å². The van der Waals surface area contributed by atoms with Crippen molar-refractivity contribution in [2.45, 2.75) is 48.1 Å². The summed E-state index contributed by atoms with van der Waals surface area (Å²) in [4.78, 5) is 52.1. The number of likely N-dealkylation sites (N-methyl/N-ethyl adjacent to an activating group) is 3. The van der Waals surface area contributed by atoms with Gasteiger partial charge in [0.05, 0.1) is 22.1 Å². The number of carbonyl (C=O) groups is 3. The molecule has 0 aliphatic heterocycles. The van der Waals surface area contributed by atoms with Crippen molar-refractivity contribution in [2.75, 3.05) is 47.0 Å². The lowest BCUT2D eigenvalue weighted by molar-refractivity contribution is -0.173. The fourth-order valence-corrected chi connectivity index (χ4v) is 7.46. The molecular formula is C39H45Cl3F6N16O9S3. The van der Waals surface area contributed by atoms with Crippen LogP contribution < -0.4 is 15.0 Å². The Morgan fingerprint density at radius 3 is 1.03 bits per heavy atom. The van der Waals surface area contributed by atoms with Crippen molar-refractivity contribution in [3.63, 3.8) is 0 Å². The number of carbonyl (C=O) groups excluding carboxylic acids is 3. The Morgan fingerprint density at radius 2 is 0.750 bits per heavy atom. The predicted molar refractivity (Wildman–Crippen MR) is 264 cm³/mol. The van der Waals surface area contributed by atoms with Gasteiger partial charge in [0.15, 0.2) is 36.4 Å². The Morgan fingerprint density at radius 1 is 0.487 bits per heavy atom. The van der Waals surface area contributed by atoms with Crippen molar-refractivity contribution >= 4 is 110 Å². The molecule has 0 unspecified atom stereocenters. The van der Waals surface area contributed by atoms with Crippen LogP contribution in [0, 0.1) is 0 Å². The maximum atomic E-state index is 14.1. The second kappa shape index (κ2) is 24.9. The van der Waals surface area contributed by atoms with E-state index in [4.69, 9.17) is 45.1 Å². The van der Waals surface area contributed by atoms with Gasteiger partial charge in [0.2, 0.25) is 0 Å². The van der Waals surface area contributed by atoms with Crippen LogP contribution in [-0.4, -0.2) is 149 Å². The van der Waals surface area contributed by atoms with Crippen LogP contribution in [0.3, 0.4) is 0 Å². The zero-order chi connectivity index (χ0) is 56.1. The third-order valence-corrected chi connectivity index (χ3v) is 12.4. The number of benzene rings is 2. The number of nitrogens with two attached hydrogens (primary N) is 2. The number of anilines is 1. The number of hydrogen-bond donors (Lipinski definition) is 3. The van der Waals surface area contributed by atoms with E-state index in [0.29, 0.717) is 44.3 Å². The number of sulfonamides is 3. The summed E-state index contributed by atoms with van der Waals surface area (Å²) in [5, 5.41) is 16.9. The fraction of sp³-hybridized carbons (Fsp3) is 0.282. The molecule has 0 saturated carbocycles. The number of alkyl halides is 6. The molecule has 0 fully saturated rings. The number of rotatable bonds is 11. The van der Waals surface area contributed by atoms with Crippen LogP contribution in [0.4, 0.5) is 32.2 Å². The second-order valence-corrected chi connectivity index (χ2v) is 20.6. The smallest absolute Gasteiger partial charge is 0.342 e. The molecule has 76 heavy (non-hydrogen) atoms. The van der Waals surface area contributed by atoms with Crippen molar-refractivity contribution in [3.8, 4) is 0 Å². The highest BCUT2D eigenvalue weighted by Gasteiger charge is 2.46. The van der Waals surface area contributed by atoms with Crippen molar-refractivity contribution in [3.05, 3.63) is 101 Å². The Bertz CT molecular complexity index is 3430. The zero-order valence-electron chi connectivity index (χ0n) is 38.4. The molecule has 25 nitrogen and oxygen atoms in total. The van der Waals surface area contributed by atoms with E-state index in [2.05, 4.69) is 40.0 Å². The van der Waals surface area contributed by atoms with Gasteiger partial charge in [-0.15, -0.1) is 0 Å². The Kier molecular flexibility index (Phi) is 21.4. The Balaban J connectivity index is 0.000000360. The number of hydrogen-bond acceptors (Lipinski definition) is 16. The summed E-state index contributed by atoms with van der Waals surface area (Å²) >= 11 is 17.3. The number of fused-ring (bicyclic) bond motifs is 2. The number of aromatic nitrogens is 10. The summed E-state index contributed by atoms with van der Waals surface area (Å²) in [7, 11) is -5.94. The summed E-state index contributed by atoms with van der Waals surface area (Å²) < 4.78 is 152. The number of nitrogens with zero attached hydrogens (tertiary/aromatic N) is 13. The summed E-state index contributed by atoms with van der Waals surface area (Å²) in [6.07, 6.45) is 2.02. The minimum Gasteiger partial charge on any atom is -0.342 e. The number of para-hydroxylation sites is 4. The maximum absolute atomic E-state index is 14.1. The molecule has 0 bridgehead atoms. The van der Waals surface area contributed by atoms with E-state index >= 15 is 0 Å². The quantitative estimate of drug-likeness (QED) is 0.151. The average Bonchev–Trinajstić information content (AvgIpc) is 4.13. The van der Waals surface area contributed by atoms with Crippen LogP contribution >= 0.6 is 34.8 Å². The molecule has 7 rings (SSSR count). The van der Waals surface area contributed by atoms with E-state index in [0.717, 1.165) is 71.5 Å². The van der Waals surface area contributed by atoms with Gasteiger partial charge in [-0.05, 0) is 42.5 Å². The lowest BCUT2D eigenvalue weighted by Gasteiger charge is -2.19. The van der Waals surface area contributed by atoms with Crippen LogP contribution in [0.15, 0.2) is 100 Å². The van der Waals surface area contributed by atoms with E-state index in [9.17, 15) is 66.0 Å². The van der Waals surface area contributed by atoms with E-state index in [1.807, 2.05) is 24.3 Å². The largest absolute Gasteiger partial charge is 0.422 e. The van der Waals surface area contributed by atoms with E-state index in [1.54, 1.807) is 24.3 Å². The van der Waals surface area contributed by atoms with Crippen LogP contribution in [0.1, 0.15) is 14.9 Å². The molecule has 5 heterocycles. The van der Waals surface area contributed by atoms with Gasteiger partial charge in [-0.2, -0.15) is 64.1 Å². The van der Waals surface area contributed by atoms with Gasteiger partial charge in [-0.25, -0.2) is 47.0 Å². The highest BCUT2D eigenvalue weighted by molar-refractivity contribution is 7.92. The van der Waals surface area contributed by atoms with Crippen LogP contribution in [0.2, 0.25) is 15.5 Å². The lowest BCUT2D eigenvalue weighted by Crippen LogP contribution is -2.42. The first kappa shape index (κ1) is 65.3. The van der Waals surface area contributed by atoms with Crippen molar-refractivity contribution in [1.29, 1.82) is 0 Å². The third-order valence-electron chi connectivity index (χ3n) is 8.65. The Hall–Kier alpha value is -6.82. The minimum atomic E-state index is -4.42. The van der Waals surface area contributed by atoms with E-state index < -0.39 is 81.0 Å². The molecule has 5 N–H and O–H groups in total. The number of primary sulfonamides is 2. The molecule has 5 aromatic heterocycles. The summed E-state index contributed by atoms with van der Waals surface area (Å²) in [6.45, 7) is 0. The van der Waals surface area contributed by atoms with Crippen molar-refractivity contribution in [1.82, 2.24) is 64.0 Å². The van der Waals surface area contributed by atoms with Crippen molar-refractivity contribution in [2.24, 2.45) is 10.3 Å². The SMILES string of the molecule is C.C.CN(C)C(=O)C(F)(F)n1ccc(S(=O)(=O)Nc2nc3ccccc3nc2Cl)n1.CN(C)C(=O)C(F)(F)n1ccc(S(N)(=O)=O)n1.CN(C)C(=O)C(F)(F)n1ccc(S(N)(=O)=O)n1.Clc1nc2ccccc2nc1Cl. The van der Waals surface area contributed by atoms with Gasteiger partial charge in [0, 0.05) is 60.9 Å². The standard InChI is InChI=1S/C15H13ClF2N6O3S.C8H4Cl2N2.2C7H10F2N4O3S.2CH4/c1-23(2)14(25)15(17,18)24-8-7-11(21-24)28(26,27)22-13-12(16)19-9-5-3-4-6-10(9)20-13;9-7-8(10)12-6-4-2-1-3-5(6)11-7;2*1-12(2)6(14)7(8,9)13-4-3-5(11-13)17(10,15)16;;/h3-8H,1-2H3,(H,20,22);1-4H;2*3-4H,1-2H3,(H2,10,15,16);2*1H4. The molecule has 0 aliphatic rings. The van der Waals surface area contributed by atoms with Crippen LogP contribution in [-0.2, 0) is 62.6 Å². The second-order valence-electron chi connectivity index (χ2n) is 14.9. The van der Waals surface area contributed by atoms with Gasteiger partial charge in [0.25, 0.3) is 30.1 Å². The topological polar surface area (TPSA) is 332 Å². The summed E-state index contributed by atoms with van der Waals surface area (Å²) in [6, 6.07) is 4.44.